The van der Waals surface area contributed by atoms with Gasteiger partial charge in [0.25, 0.3) is 11.6 Å². The summed E-state index contributed by atoms with van der Waals surface area (Å²) < 4.78 is 30.2. The highest BCUT2D eigenvalue weighted by atomic mass is 32.2. The van der Waals surface area contributed by atoms with Gasteiger partial charge in [-0.2, -0.15) is 0 Å². The second-order valence-electron chi connectivity index (χ2n) is 6.74. The number of hydrogen-bond acceptors (Lipinski definition) is 7. The number of hydrogen-bond donors (Lipinski definition) is 2. The molecule has 0 saturated heterocycles. The van der Waals surface area contributed by atoms with Crippen molar-refractivity contribution in [2.45, 2.75) is 6.42 Å². The van der Waals surface area contributed by atoms with E-state index in [1.807, 2.05) is 0 Å². The summed E-state index contributed by atoms with van der Waals surface area (Å²) in [6, 6.07) is 11.2. The molecule has 0 fully saturated rings. The number of carbonyl (C=O) groups is 2. The SMILES string of the molecule is COCCCNC(=O)c1ccccc1NC(=O)CN(c1cccc([N+](=O)[O-])c1)S(C)(=O)=O. The molecule has 0 aliphatic carbocycles. The lowest BCUT2D eigenvalue weighted by Gasteiger charge is -2.22. The van der Waals surface area contributed by atoms with Crippen LogP contribution in [0, 0.1) is 10.1 Å². The number of para-hydroxylation sites is 1. The van der Waals surface area contributed by atoms with Crippen LogP contribution in [0.3, 0.4) is 0 Å². The molecule has 0 bridgehead atoms. The molecular weight excluding hydrogens is 440 g/mol. The minimum atomic E-state index is -3.93. The third-order valence-electron chi connectivity index (χ3n) is 4.27. The molecule has 0 unspecified atom stereocenters. The van der Waals surface area contributed by atoms with Crippen LogP contribution in [0.5, 0.6) is 0 Å². The first-order valence-electron chi connectivity index (χ1n) is 9.51. The molecule has 2 amide bonds. The van der Waals surface area contributed by atoms with Crippen molar-refractivity contribution >= 4 is 38.9 Å². The Labute approximate surface area is 185 Å². The summed E-state index contributed by atoms with van der Waals surface area (Å²) in [5.74, 6) is -1.13. The zero-order valence-electron chi connectivity index (χ0n) is 17.6. The number of carbonyl (C=O) groups excluding carboxylic acids is 2. The lowest BCUT2D eigenvalue weighted by atomic mass is 10.1. The largest absolute Gasteiger partial charge is 0.385 e. The quantitative estimate of drug-likeness (QED) is 0.292. The first-order valence-corrected chi connectivity index (χ1v) is 11.4. The Morgan fingerprint density at radius 1 is 1.16 bits per heavy atom. The Hall–Kier alpha value is -3.51. The smallest absolute Gasteiger partial charge is 0.271 e. The summed E-state index contributed by atoms with van der Waals surface area (Å²) in [7, 11) is -2.38. The first kappa shape index (κ1) is 24.8. The molecule has 32 heavy (non-hydrogen) atoms. The van der Waals surface area contributed by atoms with Crippen molar-refractivity contribution in [1.29, 1.82) is 0 Å². The van der Waals surface area contributed by atoms with Gasteiger partial charge in [-0.1, -0.05) is 18.2 Å². The van der Waals surface area contributed by atoms with Crippen LogP contribution in [0.4, 0.5) is 17.1 Å². The van der Waals surface area contributed by atoms with E-state index in [2.05, 4.69) is 10.6 Å². The van der Waals surface area contributed by atoms with Gasteiger partial charge in [-0.3, -0.25) is 24.0 Å². The number of methoxy groups -OCH3 is 1. The fourth-order valence-corrected chi connectivity index (χ4v) is 3.63. The molecule has 0 saturated carbocycles. The van der Waals surface area contributed by atoms with Crippen LogP contribution >= 0.6 is 0 Å². The number of nitrogens with one attached hydrogen (secondary N) is 2. The van der Waals surface area contributed by atoms with Crippen LogP contribution in [0.1, 0.15) is 16.8 Å². The Balaban J connectivity index is 2.19. The highest BCUT2D eigenvalue weighted by molar-refractivity contribution is 7.92. The van der Waals surface area contributed by atoms with Gasteiger partial charge in [-0.05, 0) is 24.6 Å². The van der Waals surface area contributed by atoms with Crippen molar-refractivity contribution in [3.63, 3.8) is 0 Å². The summed E-state index contributed by atoms with van der Waals surface area (Å²) in [5, 5.41) is 16.3. The van der Waals surface area contributed by atoms with Crippen molar-refractivity contribution in [2.24, 2.45) is 0 Å². The predicted octanol–water partition coefficient (Wildman–Crippen LogP) is 1.77. The molecule has 0 aromatic heterocycles. The number of amides is 2. The summed E-state index contributed by atoms with van der Waals surface area (Å²) >= 11 is 0. The number of nitro groups is 1. The fourth-order valence-electron chi connectivity index (χ4n) is 2.79. The number of ether oxygens (including phenoxy) is 1. The van der Waals surface area contributed by atoms with Gasteiger partial charge in [0.05, 0.1) is 28.1 Å². The first-order chi connectivity index (χ1) is 15.1. The zero-order chi connectivity index (χ0) is 23.7. The van der Waals surface area contributed by atoms with E-state index in [1.165, 1.54) is 30.3 Å². The molecule has 2 aromatic rings. The standard InChI is InChI=1S/C20H24N4O7S/c1-31-12-6-11-21-20(26)17-9-3-4-10-18(17)22-19(25)14-23(32(2,29)30)15-7-5-8-16(13-15)24(27)28/h3-5,7-10,13H,6,11-12,14H2,1-2H3,(H,21,26)(H,22,25). The Bertz CT molecular complexity index is 1090. The van der Waals surface area contributed by atoms with Crippen LogP contribution in [0.15, 0.2) is 48.5 Å². The lowest BCUT2D eigenvalue weighted by Crippen LogP contribution is -2.37. The molecule has 11 nitrogen and oxygen atoms in total. The number of nitrogens with zero attached hydrogens (tertiary/aromatic N) is 2. The number of rotatable bonds is 11. The predicted molar refractivity (Wildman–Crippen MR) is 119 cm³/mol. The highest BCUT2D eigenvalue weighted by Crippen LogP contribution is 2.23. The Kier molecular flexibility index (Phi) is 8.67. The van der Waals surface area contributed by atoms with Crippen LogP contribution in [-0.2, 0) is 19.6 Å². The summed E-state index contributed by atoms with van der Waals surface area (Å²) in [6.07, 6.45) is 1.50. The molecule has 2 aromatic carbocycles. The van der Waals surface area contributed by atoms with Crippen molar-refractivity contribution in [3.05, 3.63) is 64.2 Å². The third-order valence-corrected chi connectivity index (χ3v) is 5.41. The minimum Gasteiger partial charge on any atom is -0.385 e. The average molecular weight is 465 g/mol. The molecule has 0 aliphatic rings. The molecule has 0 aliphatic heterocycles. The van der Waals surface area contributed by atoms with Gasteiger partial charge < -0.3 is 15.4 Å². The molecule has 2 N–H and O–H groups in total. The number of non-ortho nitro benzene ring substituents is 1. The van der Waals surface area contributed by atoms with Crippen LogP contribution in [0.25, 0.3) is 0 Å². The average Bonchev–Trinajstić information content (AvgIpc) is 2.74. The molecule has 0 spiro atoms. The van der Waals surface area contributed by atoms with Crippen molar-refractivity contribution < 1.29 is 27.7 Å². The number of anilines is 2. The zero-order valence-corrected chi connectivity index (χ0v) is 18.4. The molecule has 172 valence electrons. The summed E-state index contributed by atoms with van der Waals surface area (Å²) in [6.45, 7) is 0.227. The van der Waals surface area contributed by atoms with Gasteiger partial charge in [0.2, 0.25) is 15.9 Å². The molecule has 12 heteroatoms. The van der Waals surface area contributed by atoms with Gasteiger partial charge in [0, 0.05) is 32.4 Å². The van der Waals surface area contributed by atoms with E-state index in [4.69, 9.17) is 4.74 Å². The Morgan fingerprint density at radius 3 is 2.53 bits per heavy atom. The highest BCUT2D eigenvalue weighted by Gasteiger charge is 2.23. The third kappa shape index (κ3) is 7.03. The molecule has 0 atom stereocenters. The van der Waals surface area contributed by atoms with Gasteiger partial charge in [0.15, 0.2) is 0 Å². The maximum Gasteiger partial charge on any atom is 0.271 e. The molecule has 0 radical (unpaired) electrons. The van der Waals surface area contributed by atoms with E-state index >= 15 is 0 Å². The normalized spacial score (nSPS) is 10.9. The van der Waals surface area contributed by atoms with Gasteiger partial charge in [-0.25, -0.2) is 8.42 Å². The van der Waals surface area contributed by atoms with E-state index in [-0.39, 0.29) is 22.6 Å². The minimum absolute atomic E-state index is 0.0268. The number of nitro benzene ring substituents is 1. The van der Waals surface area contributed by atoms with Crippen LogP contribution in [-0.4, -0.2) is 58.2 Å². The molecule has 2 rings (SSSR count). The van der Waals surface area contributed by atoms with Crippen LogP contribution in [0.2, 0.25) is 0 Å². The van der Waals surface area contributed by atoms with Crippen molar-refractivity contribution in [3.8, 4) is 0 Å². The summed E-state index contributed by atoms with van der Waals surface area (Å²) in [5.41, 5.74) is 0.0711. The maximum absolute atomic E-state index is 12.6. The van der Waals surface area contributed by atoms with E-state index < -0.39 is 33.3 Å². The fraction of sp³-hybridized carbons (Fsp3) is 0.300. The second-order valence-corrected chi connectivity index (χ2v) is 8.65. The van der Waals surface area contributed by atoms with Gasteiger partial charge >= 0.3 is 0 Å². The lowest BCUT2D eigenvalue weighted by molar-refractivity contribution is -0.384. The Morgan fingerprint density at radius 2 is 1.88 bits per heavy atom. The van der Waals surface area contributed by atoms with E-state index in [9.17, 15) is 28.1 Å². The molecular formula is C20H24N4O7S. The van der Waals surface area contributed by atoms with Crippen molar-refractivity contribution in [2.75, 3.05) is 42.7 Å². The number of benzene rings is 2. The van der Waals surface area contributed by atoms with Gasteiger partial charge in [0.1, 0.15) is 6.54 Å². The maximum atomic E-state index is 12.6. The molecule has 0 heterocycles. The van der Waals surface area contributed by atoms with E-state index in [0.717, 1.165) is 16.6 Å². The van der Waals surface area contributed by atoms with E-state index in [1.54, 1.807) is 19.2 Å². The topological polar surface area (TPSA) is 148 Å². The monoisotopic (exact) mass is 464 g/mol. The van der Waals surface area contributed by atoms with Gasteiger partial charge in [-0.15, -0.1) is 0 Å². The number of sulfonamides is 1. The van der Waals surface area contributed by atoms with Crippen molar-refractivity contribution in [1.82, 2.24) is 5.32 Å². The summed E-state index contributed by atoms with van der Waals surface area (Å²) in [4.78, 5) is 35.4. The van der Waals surface area contributed by atoms with E-state index in [0.29, 0.717) is 19.6 Å². The second kappa shape index (κ2) is 11.2. The van der Waals surface area contributed by atoms with Crippen LogP contribution < -0.4 is 14.9 Å².